The van der Waals surface area contributed by atoms with Gasteiger partial charge in [0.1, 0.15) is 6.10 Å². The molecular weight excluding hydrogens is 409 g/mol. The minimum absolute atomic E-state index is 0.151. The summed E-state index contributed by atoms with van der Waals surface area (Å²) in [6, 6.07) is 11.4. The van der Waals surface area contributed by atoms with Crippen molar-refractivity contribution in [3.63, 3.8) is 0 Å². The number of nitrogens with zero attached hydrogens (tertiary/aromatic N) is 1. The molecule has 162 valence electrons. The van der Waals surface area contributed by atoms with Crippen LogP contribution in [0.3, 0.4) is 0 Å². The molecule has 0 fully saturated rings. The molecule has 0 saturated heterocycles. The average Bonchev–Trinajstić information content (AvgIpc) is 2.77. The van der Waals surface area contributed by atoms with Crippen molar-refractivity contribution in [2.24, 2.45) is 0 Å². The normalized spacial score (nSPS) is 12.6. The first-order valence-corrected chi connectivity index (χ1v) is 9.08. The highest BCUT2D eigenvalue weighted by Crippen LogP contribution is 2.29. The van der Waals surface area contributed by atoms with E-state index >= 15 is 0 Å². The smallest absolute Gasteiger partial charge is 0.412 e. The Morgan fingerprint density at radius 2 is 1.97 bits per heavy atom. The Kier molecular flexibility index (Phi) is 8.51. The third-order valence-corrected chi connectivity index (χ3v) is 4.00. The lowest BCUT2D eigenvalue weighted by Crippen LogP contribution is -2.28. The number of phenols is 1. The van der Waals surface area contributed by atoms with Gasteiger partial charge in [-0.2, -0.15) is 5.26 Å². The van der Waals surface area contributed by atoms with Gasteiger partial charge in [-0.3, -0.25) is 15.3 Å². The zero-order chi connectivity index (χ0) is 22.8. The van der Waals surface area contributed by atoms with E-state index in [1.807, 2.05) is 6.07 Å². The standard InChI is InChI=1S/C21H20FN3O6/c1-2-30-18(9-10-19(27)25-29)20(14-5-8-17(26)16(22)11-14)31-21(28)24-15-6-3-13(12-23)4-7-15/h3-11,18,20,26,29H,2H2,1H3,(H,24,28)(H,25,27)/b10-9+/t18-,20-/m1/s1. The molecule has 0 unspecified atom stereocenters. The van der Waals surface area contributed by atoms with Gasteiger partial charge in [-0.25, -0.2) is 14.7 Å². The van der Waals surface area contributed by atoms with E-state index in [0.717, 1.165) is 18.2 Å². The molecule has 0 radical (unpaired) electrons. The molecule has 0 aliphatic heterocycles. The average molecular weight is 429 g/mol. The number of carbonyl (C=O) groups is 2. The maximum Gasteiger partial charge on any atom is 0.412 e. The summed E-state index contributed by atoms with van der Waals surface area (Å²) >= 11 is 0. The fraction of sp³-hybridized carbons (Fsp3) is 0.190. The molecule has 2 aromatic rings. The number of benzene rings is 2. The molecule has 2 rings (SSSR count). The predicted molar refractivity (Wildman–Crippen MR) is 107 cm³/mol. The van der Waals surface area contributed by atoms with Crippen LogP contribution in [0.5, 0.6) is 5.75 Å². The van der Waals surface area contributed by atoms with Gasteiger partial charge in [0.05, 0.1) is 11.6 Å². The van der Waals surface area contributed by atoms with Crippen LogP contribution in [0, 0.1) is 17.1 Å². The maximum absolute atomic E-state index is 13.9. The Labute approximate surface area is 177 Å². The number of ether oxygens (including phenoxy) is 2. The zero-order valence-electron chi connectivity index (χ0n) is 16.4. The zero-order valence-corrected chi connectivity index (χ0v) is 16.4. The van der Waals surface area contributed by atoms with Crippen LogP contribution in [-0.2, 0) is 14.3 Å². The number of hydrogen-bond donors (Lipinski definition) is 4. The number of halogens is 1. The predicted octanol–water partition coefficient (Wildman–Crippen LogP) is 3.16. The minimum atomic E-state index is -1.21. The molecule has 0 aliphatic carbocycles. The number of hydrogen-bond acceptors (Lipinski definition) is 7. The summed E-state index contributed by atoms with van der Waals surface area (Å²) in [6.45, 7) is 1.83. The number of carbonyl (C=O) groups excluding carboxylic acids is 2. The van der Waals surface area contributed by atoms with Gasteiger partial charge in [0.15, 0.2) is 17.7 Å². The highest BCUT2D eigenvalue weighted by molar-refractivity contribution is 5.86. The Hall–Kier alpha value is -3.94. The lowest BCUT2D eigenvalue weighted by Gasteiger charge is -2.25. The summed E-state index contributed by atoms with van der Waals surface area (Å²) in [7, 11) is 0. The highest BCUT2D eigenvalue weighted by atomic mass is 19.1. The minimum Gasteiger partial charge on any atom is -0.505 e. The molecule has 2 atom stereocenters. The molecule has 0 bridgehead atoms. The van der Waals surface area contributed by atoms with Crippen molar-refractivity contribution in [1.29, 1.82) is 5.26 Å². The van der Waals surface area contributed by atoms with Crippen LogP contribution in [0.2, 0.25) is 0 Å². The van der Waals surface area contributed by atoms with Gasteiger partial charge in [-0.1, -0.05) is 6.07 Å². The third kappa shape index (κ3) is 6.81. The number of aromatic hydroxyl groups is 1. The van der Waals surface area contributed by atoms with Crippen LogP contribution < -0.4 is 10.8 Å². The van der Waals surface area contributed by atoms with E-state index in [4.69, 9.17) is 19.9 Å². The molecule has 0 aromatic heterocycles. The topological polar surface area (TPSA) is 141 Å². The fourth-order valence-corrected chi connectivity index (χ4v) is 2.57. The largest absolute Gasteiger partial charge is 0.505 e. The first-order valence-electron chi connectivity index (χ1n) is 9.08. The number of hydroxylamine groups is 1. The summed E-state index contributed by atoms with van der Waals surface area (Å²) in [4.78, 5) is 23.8. The number of rotatable bonds is 8. The van der Waals surface area contributed by atoms with E-state index in [1.165, 1.54) is 41.9 Å². The number of phenolic OH excluding ortho intramolecular Hbond substituents is 1. The molecule has 9 nitrogen and oxygen atoms in total. The van der Waals surface area contributed by atoms with Gasteiger partial charge in [0, 0.05) is 18.4 Å². The second-order valence-electron chi connectivity index (χ2n) is 6.11. The first-order chi connectivity index (χ1) is 14.9. The van der Waals surface area contributed by atoms with Gasteiger partial charge in [-0.05, 0) is 55.0 Å². The number of amides is 2. The van der Waals surface area contributed by atoms with Crippen molar-refractivity contribution in [2.75, 3.05) is 11.9 Å². The summed E-state index contributed by atoms with van der Waals surface area (Å²) in [5.41, 5.74) is 2.33. The number of nitrogens with one attached hydrogen (secondary N) is 2. The van der Waals surface area contributed by atoms with Crippen molar-refractivity contribution in [3.8, 4) is 11.8 Å². The molecule has 31 heavy (non-hydrogen) atoms. The molecule has 10 heteroatoms. The maximum atomic E-state index is 13.9. The Balaban J connectivity index is 2.31. The Bertz CT molecular complexity index is 988. The van der Waals surface area contributed by atoms with Crippen LogP contribution in [0.25, 0.3) is 0 Å². The summed E-state index contributed by atoms with van der Waals surface area (Å²) in [6.07, 6.45) is -0.951. The van der Waals surface area contributed by atoms with Crippen LogP contribution in [0.4, 0.5) is 14.9 Å². The Morgan fingerprint density at radius 3 is 2.55 bits per heavy atom. The molecule has 0 saturated carbocycles. The summed E-state index contributed by atoms with van der Waals surface area (Å²) in [5.74, 6) is -2.37. The molecule has 4 N–H and O–H groups in total. The van der Waals surface area contributed by atoms with Crippen LogP contribution >= 0.6 is 0 Å². The number of nitriles is 1. The monoisotopic (exact) mass is 429 g/mol. The molecule has 2 aromatic carbocycles. The van der Waals surface area contributed by atoms with Crippen molar-refractivity contribution < 1.29 is 33.8 Å². The van der Waals surface area contributed by atoms with E-state index in [2.05, 4.69) is 5.32 Å². The van der Waals surface area contributed by atoms with Crippen molar-refractivity contribution >= 4 is 17.7 Å². The second kappa shape index (κ2) is 11.3. The fourth-order valence-electron chi connectivity index (χ4n) is 2.57. The van der Waals surface area contributed by atoms with Crippen LogP contribution in [-0.4, -0.2) is 35.0 Å². The van der Waals surface area contributed by atoms with Gasteiger partial charge >= 0.3 is 6.09 Å². The third-order valence-electron chi connectivity index (χ3n) is 4.00. The lowest BCUT2D eigenvalue weighted by molar-refractivity contribution is -0.124. The second-order valence-corrected chi connectivity index (χ2v) is 6.11. The summed E-state index contributed by atoms with van der Waals surface area (Å²) in [5, 5.41) is 29.4. The van der Waals surface area contributed by atoms with E-state index in [0.29, 0.717) is 11.3 Å². The Morgan fingerprint density at radius 1 is 1.26 bits per heavy atom. The van der Waals surface area contributed by atoms with Crippen LogP contribution in [0.1, 0.15) is 24.2 Å². The van der Waals surface area contributed by atoms with E-state index in [-0.39, 0.29) is 12.2 Å². The molecule has 2 amide bonds. The molecular formula is C21H20FN3O6. The number of anilines is 1. The first kappa shape index (κ1) is 23.3. The molecule has 0 spiro atoms. The van der Waals surface area contributed by atoms with Gasteiger partial charge in [0.2, 0.25) is 0 Å². The lowest BCUT2D eigenvalue weighted by atomic mass is 10.0. The van der Waals surface area contributed by atoms with Crippen molar-refractivity contribution in [1.82, 2.24) is 5.48 Å². The van der Waals surface area contributed by atoms with E-state index < -0.39 is 35.8 Å². The van der Waals surface area contributed by atoms with Crippen molar-refractivity contribution in [3.05, 3.63) is 71.6 Å². The molecule has 0 aliphatic rings. The highest BCUT2D eigenvalue weighted by Gasteiger charge is 2.27. The van der Waals surface area contributed by atoms with E-state index in [1.54, 1.807) is 6.92 Å². The SMILES string of the molecule is CCO[C@H](/C=C/C(=O)NO)[C@H](OC(=O)Nc1ccc(C#N)cc1)c1ccc(O)c(F)c1. The van der Waals surface area contributed by atoms with Crippen molar-refractivity contribution in [2.45, 2.75) is 19.1 Å². The van der Waals surface area contributed by atoms with Gasteiger partial charge in [-0.15, -0.1) is 0 Å². The van der Waals surface area contributed by atoms with Gasteiger partial charge < -0.3 is 14.6 Å². The molecule has 0 heterocycles. The quantitative estimate of drug-likeness (QED) is 0.287. The van der Waals surface area contributed by atoms with E-state index in [9.17, 15) is 19.1 Å². The van der Waals surface area contributed by atoms with Crippen LogP contribution in [0.15, 0.2) is 54.6 Å². The van der Waals surface area contributed by atoms with Gasteiger partial charge in [0.25, 0.3) is 5.91 Å². The summed E-state index contributed by atoms with van der Waals surface area (Å²) < 4.78 is 24.9.